The van der Waals surface area contributed by atoms with Gasteiger partial charge in [-0.25, -0.2) is 0 Å². The second-order valence-electron chi connectivity index (χ2n) is 10.6. The molecule has 1 amide bonds. The Morgan fingerprint density at radius 3 is 2.41 bits per heavy atom. The van der Waals surface area contributed by atoms with Gasteiger partial charge in [0.25, 0.3) is 11.5 Å². The van der Waals surface area contributed by atoms with E-state index in [-0.39, 0.29) is 29.8 Å². The summed E-state index contributed by atoms with van der Waals surface area (Å²) in [6.07, 6.45) is 0.652. The Balaban J connectivity index is 1.84. The Bertz CT molecular complexity index is 1470. The van der Waals surface area contributed by atoms with Gasteiger partial charge in [-0.2, -0.15) is 0 Å². The molecule has 1 atom stereocenters. The summed E-state index contributed by atoms with van der Waals surface area (Å²) in [5.74, 6) is -0.854. The van der Waals surface area contributed by atoms with Crippen LogP contribution in [0.4, 0.5) is 0 Å². The number of aromatic nitrogens is 1. The maximum atomic E-state index is 14.0. The van der Waals surface area contributed by atoms with Crippen molar-refractivity contribution in [3.63, 3.8) is 0 Å². The number of pyridine rings is 1. The molecule has 0 fully saturated rings. The molecule has 0 aliphatic heterocycles. The van der Waals surface area contributed by atoms with E-state index in [0.29, 0.717) is 41.1 Å². The minimum Gasteiger partial charge on any atom is -0.495 e. The molecule has 1 aromatic heterocycles. The van der Waals surface area contributed by atoms with E-state index < -0.39 is 23.5 Å². The van der Waals surface area contributed by atoms with E-state index in [0.717, 1.165) is 5.56 Å². The van der Waals surface area contributed by atoms with Crippen LogP contribution in [-0.4, -0.2) is 35.9 Å². The summed E-state index contributed by atoms with van der Waals surface area (Å²) in [7, 11) is 1.50. The number of esters is 1. The minimum atomic E-state index is -0.734. The summed E-state index contributed by atoms with van der Waals surface area (Å²) in [5.41, 5.74) is 1.93. The number of fused-ring (bicyclic) bond motifs is 1. The normalized spacial score (nSPS) is 14.7. The van der Waals surface area contributed by atoms with Crippen molar-refractivity contribution < 1.29 is 23.9 Å². The first-order chi connectivity index (χ1) is 18.5. The van der Waals surface area contributed by atoms with Crippen LogP contribution in [0.25, 0.3) is 5.69 Å². The van der Waals surface area contributed by atoms with Crippen LogP contribution in [0.15, 0.2) is 59.4 Å². The molecular formula is C31H34N2O6. The Hall–Kier alpha value is -4.20. The number of rotatable bonds is 8. The Labute approximate surface area is 228 Å². The molecule has 0 spiro atoms. The third kappa shape index (κ3) is 5.95. The van der Waals surface area contributed by atoms with E-state index >= 15 is 0 Å². The molecule has 1 heterocycles. The number of para-hydroxylation sites is 2. The number of methoxy groups -OCH3 is 1. The highest BCUT2D eigenvalue weighted by molar-refractivity contribution is 6.02. The zero-order valence-corrected chi connectivity index (χ0v) is 23.0. The first-order valence-corrected chi connectivity index (χ1v) is 13.0. The Morgan fingerprint density at radius 2 is 1.74 bits per heavy atom. The van der Waals surface area contributed by atoms with Gasteiger partial charge in [0.15, 0.2) is 5.78 Å². The molecule has 4 rings (SSSR count). The molecule has 1 aliphatic carbocycles. The summed E-state index contributed by atoms with van der Waals surface area (Å²) in [4.78, 5) is 53.4. The fourth-order valence-corrected chi connectivity index (χ4v) is 5.02. The molecule has 1 N–H and O–H groups in total. The molecular weight excluding hydrogens is 496 g/mol. The molecule has 0 unspecified atom stereocenters. The van der Waals surface area contributed by atoms with Gasteiger partial charge in [0.2, 0.25) is 0 Å². The van der Waals surface area contributed by atoms with Crippen molar-refractivity contribution in [3.8, 4) is 11.4 Å². The van der Waals surface area contributed by atoms with Crippen LogP contribution >= 0.6 is 0 Å². The number of aryl methyl sites for hydroxylation is 1. The van der Waals surface area contributed by atoms with Crippen LogP contribution < -0.4 is 15.6 Å². The van der Waals surface area contributed by atoms with Crippen molar-refractivity contribution in [2.75, 3.05) is 13.7 Å². The summed E-state index contributed by atoms with van der Waals surface area (Å²) in [5, 5.41) is 2.85. The Morgan fingerprint density at radius 1 is 1.05 bits per heavy atom. The summed E-state index contributed by atoms with van der Waals surface area (Å²) in [6.45, 7) is 7.82. The van der Waals surface area contributed by atoms with E-state index in [1.807, 2.05) is 45.0 Å². The lowest BCUT2D eigenvalue weighted by atomic mass is 9.75. The van der Waals surface area contributed by atoms with Gasteiger partial charge in [0.05, 0.1) is 31.9 Å². The highest BCUT2D eigenvalue weighted by Gasteiger charge is 2.36. The van der Waals surface area contributed by atoms with Gasteiger partial charge in [-0.05, 0) is 49.4 Å². The molecule has 39 heavy (non-hydrogen) atoms. The van der Waals surface area contributed by atoms with Crippen molar-refractivity contribution in [2.24, 2.45) is 5.41 Å². The number of amides is 1. The quantitative estimate of drug-likeness (QED) is 0.422. The molecule has 0 radical (unpaired) electrons. The van der Waals surface area contributed by atoms with Crippen molar-refractivity contribution >= 4 is 17.7 Å². The number of carbonyl (C=O) groups is 3. The van der Waals surface area contributed by atoms with E-state index in [4.69, 9.17) is 9.47 Å². The Kier molecular flexibility index (Phi) is 8.04. The lowest BCUT2D eigenvalue weighted by molar-refractivity contribution is -0.143. The molecule has 1 aliphatic rings. The van der Waals surface area contributed by atoms with Crippen molar-refractivity contribution in [3.05, 3.63) is 92.9 Å². The molecule has 204 valence electrons. The molecule has 8 heteroatoms. The second-order valence-corrected chi connectivity index (χ2v) is 10.6. The van der Waals surface area contributed by atoms with Crippen LogP contribution in [0, 0.1) is 12.3 Å². The first kappa shape index (κ1) is 27.8. The first-order valence-electron chi connectivity index (χ1n) is 13.0. The van der Waals surface area contributed by atoms with Crippen LogP contribution in [-0.2, 0) is 16.0 Å². The average Bonchev–Trinajstić information content (AvgIpc) is 2.88. The van der Waals surface area contributed by atoms with Crippen LogP contribution in [0.2, 0.25) is 0 Å². The summed E-state index contributed by atoms with van der Waals surface area (Å²) < 4.78 is 12.1. The highest BCUT2D eigenvalue weighted by atomic mass is 16.5. The third-order valence-electron chi connectivity index (χ3n) is 6.92. The lowest BCUT2D eigenvalue weighted by Gasteiger charge is -2.32. The number of carbonyl (C=O) groups excluding carboxylic acids is 3. The van der Waals surface area contributed by atoms with Crippen LogP contribution in [0.1, 0.15) is 77.2 Å². The number of Topliss-reactive ketones (excluding diaryl/α,β-unsaturated/α-hetero) is 1. The van der Waals surface area contributed by atoms with E-state index in [2.05, 4.69) is 5.32 Å². The van der Waals surface area contributed by atoms with Gasteiger partial charge in [-0.3, -0.25) is 23.7 Å². The van der Waals surface area contributed by atoms with Crippen LogP contribution in [0.5, 0.6) is 5.75 Å². The van der Waals surface area contributed by atoms with Gasteiger partial charge in [-0.1, -0.05) is 55.8 Å². The number of ether oxygens (including phenoxy) is 2. The molecule has 0 saturated carbocycles. The SMILES string of the molecule is CCOC(=O)C[C@@H](NC(=O)c1cc2c(n(-c3ccccc3OC)c1=O)CC(C)(C)CC2=O)c1ccc(C)cc1. The summed E-state index contributed by atoms with van der Waals surface area (Å²) >= 11 is 0. The minimum absolute atomic E-state index is 0.110. The predicted molar refractivity (Wildman–Crippen MR) is 148 cm³/mol. The number of benzene rings is 2. The number of nitrogens with zero attached hydrogens (tertiary/aromatic N) is 1. The van der Waals surface area contributed by atoms with Crippen molar-refractivity contribution in [1.29, 1.82) is 0 Å². The number of hydrogen-bond acceptors (Lipinski definition) is 6. The maximum absolute atomic E-state index is 14.0. The van der Waals surface area contributed by atoms with Crippen LogP contribution in [0.3, 0.4) is 0 Å². The topological polar surface area (TPSA) is 104 Å². The molecule has 8 nitrogen and oxygen atoms in total. The molecule has 0 bridgehead atoms. The van der Waals surface area contributed by atoms with E-state index in [1.165, 1.54) is 17.7 Å². The fourth-order valence-electron chi connectivity index (χ4n) is 5.02. The largest absolute Gasteiger partial charge is 0.495 e. The summed E-state index contributed by atoms with van der Waals surface area (Å²) in [6, 6.07) is 15.1. The monoisotopic (exact) mass is 530 g/mol. The molecule has 2 aromatic carbocycles. The molecule has 0 saturated heterocycles. The van der Waals surface area contributed by atoms with Crippen molar-refractivity contribution in [2.45, 2.75) is 53.0 Å². The highest BCUT2D eigenvalue weighted by Crippen LogP contribution is 2.36. The fraction of sp³-hybridized carbons (Fsp3) is 0.355. The lowest BCUT2D eigenvalue weighted by Crippen LogP contribution is -2.40. The van der Waals surface area contributed by atoms with E-state index in [1.54, 1.807) is 31.2 Å². The van der Waals surface area contributed by atoms with Gasteiger partial charge < -0.3 is 14.8 Å². The number of hydrogen-bond donors (Lipinski definition) is 1. The standard InChI is InChI=1S/C31H34N2O6/c1-6-39-28(35)16-23(20-13-11-19(2)12-14-20)32-29(36)22-15-21-25(17-31(3,4)18-26(21)34)33(30(22)37)24-9-7-8-10-27(24)38-5/h7-15,23H,6,16-18H2,1-5H3,(H,32,36)/t23-/m1/s1. The molecule has 3 aromatic rings. The number of ketones is 1. The third-order valence-corrected chi connectivity index (χ3v) is 6.92. The van der Waals surface area contributed by atoms with Gasteiger partial charge in [0.1, 0.15) is 11.3 Å². The maximum Gasteiger partial charge on any atom is 0.308 e. The number of nitrogens with one attached hydrogen (secondary N) is 1. The predicted octanol–water partition coefficient (Wildman–Crippen LogP) is 4.73. The zero-order chi connectivity index (χ0) is 28.3. The van der Waals surface area contributed by atoms with Gasteiger partial charge >= 0.3 is 5.97 Å². The second kappa shape index (κ2) is 11.3. The van der Waals surface area contributed by atoms with Gasteiger partial charge in [-0.15, -0.1) is 0 Å². The smallest absolute Gasteiger partial charge is 0.308 e. The van der Waals surface area contributed by atoms with Gasteiger partial charge in [0, 0.05) is 17.7 Å². The average molecular weight is 531 g/mol. The van der Waals surface area contributed by atoms with E-state index in [9.17, 15) is 19.2 Å². The zero-order valence-electron chi connectivity index (χ0n) is 23.0. The van der Waals surface area contributed by atoms with Crippen molar-refractivity contribution in [1.82, 2.24) is 9.88 Å².